The van der Waals surface area contributed by atoms with Gasteiger partial charge in [0.05, 0.1) is 24.3 Å². The molecule has 10 nitrogen and oxygen atoms in total. The van der Waals surface area contributed by atoms with Crippen molar-refractivity contribution >= 4 is 30.2 Å². The molecular weight excluding hydrogens is 652 g/mol. The maximum atomic E-state index is 12.9. The highest BCUT2D eigenvalue weighted by Crippen LogP contribution is 2.27. The van der Waals surface area contributed by atoms with Gasteiger partial charge in [-0.3, -0.25) is 0 Å². The molecule has 0 saturated carbocycles. The quantitative estimate of drug-likeness (QED) is 0.0313. The second-order valence-electron chi connectivity index (χ2n) is 11.8. The minimum atomic E-state index is -0.575. The van der Waals surface area contributed by atoms with E-state index in [9.17, 15) is 24.0 Å². The lowest BCUT2D eigenvalue weighted by atomic mass is 10.0. The van der Waals surface area contributed by atoms with Crippen molar-refractivity contribution in [3.05, 3.63) is 114 Å². The predicted molar refractivity (Wildman–Crippen MR) is 192 cm³/mol. The number of carbonyl (C=O) groups excluding carboxylic acids is 5. The van der Waals surface area contributed by atoms with Gasteiger partial charge in [-0.2, -0.15) is 0 Å². The van der Waals surface area contributed by atoms with Crippen molar-refractivity contribution in [3.63, 3.8) is 0 Å². The second kappa shape index (κ2) is 22.3. The Bertz CT molecular complexity index is 1610. The average molecular weight is 699 g/mol. The van der Waals surface area contributed by atoms with Gasteiger partial charge in [0.15, 0.2) is 0 Å². The summed E-state index contributed by atoms with van der Waals surface area (Å²) in [4.78, 5) is 59.2. The normalized spacial score (nSPS) is 11.1. The van der Waals surface area contributed by atoms with E-state index >= 15 is 0 Å². The fourth-order valence-corrected chi connectivity index (χ4v) is 5.02. The summed E-state index contributed by atoms with van der Waals surface area (Å²) in [6.07, 6.45) is 10.8. The number of carbonyl (C=O) groups is 5. The van der Waals surface area contributed by atoms with Crippen LogP contribution in [0.4, 0.5) is 0 Å². The van der Waals surface area contributed by atoms with Crippen LogP contribution in [0.3, 0.4) is 0 Å². The van der Waals surface area contributed by atoms with Gasteiger partial charge >= 0.3 is 23.9 Å². The Morgan fingerprint density at radius 1 is 0.667 bits per heavy atom. The minimum absolute atomic E-state index is 0.284. The molecule has 0 spiro atoms. The Balaban J connectivity index is 1.47. The maximum Gasteiger partial charge on any atom is 0.343 e. The van der Waals surface area contributed by atoms with E-state index < -0.39 is 30.0 Å². The first kappa shape index (κ1) is 39.9. The van der Waals surface area contributed by atoms with Crippen LogP contribution in [0.25, 0.3) is 0 Å². The van der Waals surface area contributed by atoms with Crippen LogP contribution in [0.5, 0.6) is 17.2 Å². The number of ether oxygens (including phenoxy) is 5. The molecule has 1 atom stereocenters. The summed E-state index contributed by atoms with van der Waals surface area (Å²) in [7, 11) is 0. The fraction of sp³-hybridized carbons (Fsp3) is 0.341. The van der Waals surface area contributed by atoms with E-state index in [1.54, 1.807) is 73.7 Å². The minimum Gasteiger partial charge on any atom is -0.494 e. The van der Waals surface area contributed by atoms with E-state index in [1.807, 2.05) is 0 Å². The van der Waals surface area contributed by atoms with Crippen molar-refractivity contribution < 1.29 is 47.7 Å². The third-order valence-electron chi connectivity index (χ3n) is 7.85. The van der Waals surface area contributed by atoms with Gasteiger partial charge in [0, 0.05) is 18.6 Å². The molecule has 3 rings (SSSR count). The van der Waals surface area contributed by atoms with Gasteiger partial charge in [-0.15, -0.1) is 0 Å². The van der Waals surface area contributed by atoms with Crippen molar-refractivity contribution in [2.75, 3.05) is 13.2 Å². The van der Waals surface area contributed by atoms with Crippen LogP contribution in [0.2, 0.25) is 0 Å². The van der Waals surface area contributed by atoms with Crippen molar-refractivity contribution in [2.45, 2.75) is 77.2 Å². The Hall–Kier alpha value is -5.51. The molecule has 0 aliphatic heterocycles. The Kier molecular flexibility index (Phi) is 17.4. The molecule has 0 bridgehead atoms. The summed E-state index contributed by atoms with van der Waals surface area (Å²) in [5, 5.41) is 0. The summed E-state index contributed by atoms with van der Waals surface area (Å²) in [5.74, 6) is -0.807. The van der Waals surface area contributed by atoms with E-state index in [4.69, 9.17) is 23.7 Å². The van der Waals surface area contributed by atoms with E-state index in [0.717, 1.165) is 75.4 Å². The third-order valence-corrected chi connectivity index (χ3v) is 7.85. The lowest BCUT2D eigenvalue weighted by molar-refractivity contribution is -0.143. The van der Waals surface area contributed by atoms with Gasteiger partial charge in [-0.25, -0.2) is 19.2 Å². The molecule has 0 N–H and O–H groups in total. The highest BCUT2D eigenvalue weighted by molar-refractivity contribution is 5.92. The van der Waals surface area contributed by atoms with E-state index in [0.29, 0.717) is 54.2 Å². The molecule has 3 aromatic carbocycles. The van der Waals surface area contributed by atoms with Crippen molar-refractivity contribution in [2.24, 2.45) is 0 Å². The van der Waals surface area contributed by atoms with Crippen LogP contribution in [0.15, 0.2) is 92.0 Å². The molecular formula is C41H46O10. The number of aldehydes is 1. The van der Waals surface area contributed by atoms with Gasteiger partial charge in [-0.05, 0) is 118 Å². The largest absolute Gasteiger partial charge is 0.494 e. The number of unbranched alkanes of at least 4 members (excludes halogenated alkanes) is 7. The number of benzene rings is 3. The zero-order valence-corrected chi connectivity index (χ0v) is 29.1. The number of aryl methyl sites for hydroxylation is 1. The lowest BCUT2D eigenvalue weighted by Gasteiger charge is -2.18. The van der Waals surface area contributed by atoms with Gasteiger partial charge in [0.2, 0.25) is 0 Å². The molecule has 0 aliphatic carbocycles. The van der Waals surface area contributed by atoms with Crippen molar-refractivity contribution in [3.8, 4) is 17.2 Å². The summed E-state index contributed by atoms with van der Waals surface area (Å²) in [5.41, 5.74) is 2.00. The standard InChI is InChI=1S/C41H46O10/c1-4-38(43)48-28-14-10-9-13-27-47-34-22-20-33(21-23-34)41(46)51-36-25-24-35(29-30(36)3)49-40(45)32-18-16-31(17-19-32)37(50-39(44)5-2)15-11-7-6-8-12-26-42/h4-5,16-26,29,37H,1-2,6-15,27-28H2,3H3. The fourth-order valence-electron chi connectivity index (χ4n) is 5.02. The smallest absolute Gasteiger partial charge is 0.343 e. The Morgan fingerprint density at radius 2 is 1.25 bits per heavy atom. The SMILES string of the molecule is C=CC(=O)OCCCCCCOc1ccc(C(=O)Oc2ccc(OC(=O)c3ccc(C(CCCCCCC=O)OC(=O)C=C)cc3)cc2C)cc1. The summed E-state index contributed by atoms with van der Waals surface area (Å²) < 4.78 is 27.4. The molecule has 10 heteroatoms. The first-order chi connectivity index (χ1) is 24.7. The first-order valence-electron chi connectivity index (χ1n) is 17.2. The molecule has 0 radical (unpaired) electrons. The van der Waals surface area contributed by atoms with Crippen LogP contribution >= 0.6 is 0 Å². The summed E-state index contributed by atoms with van der Waals surface area (Å²) in [6, 6.07) is 18.1. The zero-order valence-electron chi connectivity index (χ0n) is 29.1. The molecule has 0 saturated heterocycles. The molecule has 0 fully saturated rings. The molecule has 270 valence electrons. The highest BCUT2D eigenvalue weighted by atomic mass is 16.6. The van der Waals surface area contributed by atoms with Crippen molar-refractivity contribution in [1.82, 2.24) is 0 Å². The number of rotatable bonds is 23. The van der Waals surface area contributed by atoms with Gasteiger partial charge < -0.3 is 28.5 Å². The topological polar surface area (TPSA) is 132 Å². The monoisotopic (exact) mass is 698 g/mol. The Labute approximate surface area is 299 Å². The number of hydrogen-bond donors (Lipinski definition) is 0. The molecule has 0 heterocycles. The van der Waals surface area contributed by atoms with Crippen LogP contribution in [0.1, 0.15) is 102 Å². The molecule has 3 aromatic rings. The summed E-state index contributed by atoms with van der Waals surface area (Å²) >= 11 is 0. The van der Waals surface area contributed by atoms with E-state index in [-0.39, 0.29) is 5.75 Å². The Morgan fingerprint density at radius 3 is 1.90 bits per heavy atom. The number of esters is 4. The van der Waals surface area contributed by atoms with Gasteiger partial charge in [0.1, 0.15) is 29.6 Å². The average Bonchev–Trinajstić information content (AvgIpc) is 3.14. The molecule has 0 aromatic heterocycles. The van der Waals surface area contributed by atoms with E-state index in [2.05, 4.69) is 13.2 Å². The lowest BCUT2D eigenvalue weighted by Crippen LogP contribution is -2.12. The maximum absolute atomic E-state index is 12.9. The van der Waals surface area contributed by atoms with Gasteiger partial charge in [-0.1, -0.05) is 38.1 Å². The van der Waals surface area contributed by atoms with Crippen LogP contribution < -0.4 is 14.2 Å². The molecule has 0 aliphatic rings. The second-order valence-corrected chi connectivity index (χ2v) is 11.8. The van der Waals surface area contributed by atoms with Crippen molar-refractivity contribution in [1.29, 1.82) is 0 Å². The molecule has 1 unspecified atom stereocenters. The van der Waals surface area contributed by atoms with Crippen LogP contribution in [-0.4, -0.2) is 43.4 Å². The molecule has 0 amide bonds. The third kappa shape index (κ3) is 14.5. The first-order valence-corrected chi connectivity index (χ1v) is 17.2. The predicted octanol–water partition coefficient (Wildman–Crippen LogP) is 8.41. The summed E-state index contributed by atoms with van der Waals surface area (Å²) in [6.45, 7) is 9.48. The molecule has 51 heavy (non-hydrogen) atoms. The number of hydrogen-bond acceptors (Lipinski definition) is 10. The van der Waals surface area contributed by atoms with Crippen LogP contribution in [-0.2, 0) is 23.9 Å². The van der Waals surface area contributed by atoms with Gasteiger partial charge in [0.25, 0.3) is 0 Å². The highest BCUT2D eigenvalue weighted by Gasteiger charge is 2.18. The zero-order chi connectivity index (χ0) is 36.8. The van der Waals surface area contributed by atoms with E-state index in [1.165, 1.54) is 0 Å². The van der Waals surface area contributed by atoms with Crippen LogP contribution in [0, 0.1) is 6.92 Å².